The van der Waals surface area contributed by atoms with Gasteiger partial charge in [0.05, 0.1) is 12.2 Å². The van der Waals surface area contributed by atoms with Crippen LogP contribution in [0, 0.1) is 13.8 Å². The minimum Gasteiger partial charge on any atom is -0.342 e. The van der Waals surface area contributed by atoms with Crippen LogP contribution < -0.4 is 5.32 Å². The first-order chi connectivity index (χ1) is 13.5. The minimum absolute atomic E-state index is 0.0569. The number of rotatable bonds is 5. The molecule has 0 bridgehead atoms. The summed E-state index contributed by atoms with van der Waals surface area (Å²) in [6, 6.07) is -0.360. The van der Waals surface area contributed by atoms with Gasteiger partial charge in [-0.2, -0.15) is 0 Å². The van der Waals surface area contributed by atoms with E-state index >= 15 is 0 Å². The van der Waals surface area contributed by atoms with Gasteiger partial charge in [0.2, 0.25) is 11.8 Å². The Morgan fingerprint density at radius 2 is 2.18 bits per heavy atom. The first-order valence-electron chi connectivity index (χ1n) is 9.74. The number of piperidine rings is 1. The molecule has 0 spiro atoms. The van der Waals surface area contributed by atoms with E-state index in [4.69, 9.17) is 4.98 Å². The van der Waals surface area contributed by atoms with Gasteiger partial charge in [-0.15, -0.1) is 11.3 Å². The Balaban J connectivity index is 1.37. The fourth-order valence-corrected chi connectivity index (χ4v) is 5.28. The lowest BCUT2D eigenvalue weighted by Gasteiger charge is -2.32. The van der Waals surface area contributed by atoms with Crippen LogP contribution in [0.5, 0.6) is 0 Å². The largest absolute Gasteiger partial charge is 0.342 e. The van der Waals surface area contributed by atoms with Crippen molar-refractivity contribution in [2.75, 3.05) is 26.2 Å². The summed E-state index contributed by atoms with van der Waals surface area (Å²) in [5, 5.41) is 4.65. The van der Waals surface area contributed by atoms with Crippen molar-refractivity contribution in [2.24, 2.45) is 0 Å². The van der Waals surface area contributed by atoms with E-state index in [9.17, 15) is 14.4 Å². The Morgan fingerprint density at radius 3 is 2.93 bits per heavy atom. The molecule has 0 saturated carbocycles. The van der Waals surface area contributed by atoms with Crippen molar-refractivity contribution in [3.63, 3.8) is 0 Å². The molecule has 1 atom stereocenters. The van der Waals surface area contributed by atoms with Crippen LogP contribution in [0.2, 0.25) is 0 Å². The predicted octanol–water partition coefficient (Wildman–Crippen LogP) is 2.05. The van der Waals surface area contributed by atoms with Gasteiger partial charge >= 0.3 is 6.03 Å². The molecule has 2 saturated heterocycles. The molecule has 4 rings (SSSR count). The lowest BCUT2D eigenvalue weighted by Crippen LogP contribution is -2.39. The van der Waals surface area contributed by atoms with Gasteiger partial charge < -0.3 is 10.2 Å². The third-order valence-electron chi connectivity index (χ3n) is 5.59. The number of nitrogens with one attached hydrogen (secondary N) is 1. The van der Waals surface area contributed by atoms with E-state index < -0.39 is 0 Å². The van der Waals surface area contributed by atoms with E-state index in [0.29, 0.717) is 25.9 Å². The molecular weight excluding hydrogens is 378 g/mol. The number of hydrogen-bond acceptors (Lipinski definition) is 5. The van der Waals surface area contributed by atoms with Crippen LogP contribution in [-0.2, 0) is 9.59 Å². The zero-order valence-electron chi connectivity index (χ0n) is 16.2. The summed E-state index contributed by atoms with van der Waals surface area (Å²) in [7, 11) is 0. The van der Waals surface area contributed by atoms with Crippen molar-refractivity contribution < 1.29 is 14.4 Å². The number of nitrogens with zero attached hydrogens (tertiary/aromatic N) is 4. The van der Waals surface area contributed by atoms with Crippen LogP contribution in [-0.4, -0.2) is 63.2 Å². The number of thiazole rings is 1. The molecule has 0 aliphatic carbocycles. The zero-order chi connectivity index (χ0) is 19.8. The maximum atomic E-state index is 12.7. The monoisotopic (exact) mass is 403 g/mol. The normalized spacial score (nSPS) is 20.3. The number of carbonyl (C=O) groups excluding carboxylic acids is 3. The fraction of sp³-hybridized carbons (Fsp3) is 0.579. The average Bonchev–Trinajstić information content (AvgIpc) is 3.33. The summed E-state index contributed by atoms with van der Waals surface area (Å²) in [5.74, 6) is 1.12. The molecule has 0 aromatic carbocycles. The molecule has 2 aliphatic rings. The molecule has 1 N–H and O–H groups in total. The number of hydrogen-bond donors (Lipinski definition) is 1. The van der Waals surface area contributed by atoms with Gasteiger partial charge in [0.15, 0.2) is 0 Å². The molecule has 8 nitrogen and oxygen atoms in total. The van der Waals surface area contributed by atoms with Gasteiger partial charge in [0.1, 0.15) is 10.7 Å². The van der Waals surface area contributed by atoms with Gasteiger partial charge in [0.25, 0.3) is 0 Å². The van der Waals surface area contributed by atoms with Crippen LogP contribution in [0.4, 0.5) is 4.79 Å². The molecule has 150 valence electrons. The number of imide groups is 1. The Kier molecular flexibility index (Phi) is 5.09. The molecule has 4 heterocycles. The second-order valence-electron chi connectivity index (χ2n) is 7.55. The van der Waals surface area contributed by atoms with Crippen LogP contribution in [0.3, 0.4) is 0 Å². The van der Waals surface area contributed by atoms with Crippen molar-refractivity contribution >= 4 is 34.0 Å². The lowest BCUT2D eigenvalue weighted by molar-refractivity contribution is -0.133. The summed E-state index contributed by atoms with van der Waals surface area (Å²) in [5.41, 5.74) is 2.30. The highest BCUT2D eigenvalue weighted by molar-refractivity contribution is 7.15. The molecule has 2 aliphatic heterocycles. The quantitative estimate of drug-likeness (QED) is 0.774. The minimum atomic E-state index is -0.360. The van der Waals surface area contributed by atoms with E-state index in [1.165, 1.54) is 15.4 Å². The number of amides is 4. The standard InChI is InChI=1S/C19H25N5O3S/c1-12-11-28-18-17(21-13(2)24(12)18)14-5-3-7-22(10-14)15(25)6-4-8-23-16(26)9-20-19(23)27/h11,14H,3-10H2,1-2H3,(H,20,27)/t14-/m0/s1. The van der Waals surface area contributed by atoms with Gasteiger partial charge in [-0.3, -0.25) is 18.9 Å². The predicted molar refractivity (Wildman–Crippen MR) is 105 cm³/mol. The van der Waals surface area contributed by atoms with E-state index in [0.717, 1.165) is 30.9 Å². The molecule has 2 fully saturated rings. The molecule has 0 unspecified atom stereocenters. The summed E-state index contributed by atoms with van der Waals surface area (Å²) >= 11 is 1.71. The first kappa shape index (κ1) is 18.9. The smallest absolute Gasteiger partial charge is 0.324 e. The van der Waals surface area contributed by atoms with E-state index in [1.807, 2.05) is 11.8 Å². The molecule has 2 aromatic rings. The zero-order valence-corrected chi connectivity index (χ0v) is 17.0. The first-order valence-corrected chi connectivity index (χ1v) is 10.6. The van der Waals surface area contributed by atoms with Crippen LogP contribution in [0.1, 0.15) is 48.8 Å². The van der Waals surface area contributed by atoms with E-state index in [-0.39, 0.29) is 30.3 Å². The Labute approximate surface area is 167 Å². The molecule has 9 heteroatoms. The van der Waals surface area contributed by atoms with Crippen LogP contribution in [0.15, 0.2) is 5.38 Å². The Bertz CT molecular complexity index is 918. The highest BCUT2D eigenvalue weighted by atomic mass is 32.1. The number of aromatic nitrogens is 2. The van der Waals surface area contributed by atoms with Gasteiger partial charge in [0, 0.05) is 43.0 Å². The third-order valence-corrected chi connectivity index (χ3v) is 6.67. The van der Waals surface area contributed by atoms with Gasteiger partial charge in [-0.1, -0.05) is 0 Å². The second-order valence-corrected chi connectivity index (χ2v) is 8.41. The summed E-state index contributed by atoms with van der Waals surface area (Å²) in [6.45, 7) is 5.91. The highest BCUT2D eigenvalue weighted by Gasteiger charge is 2.30. The fourth-order valence-electron chi connectivity index (χ4n) is 4.18. The van der Waals surface area contributed by atoms with Crippen molar-refractivity contribution in [1.29, 1.82) is 0 Å². The lowest BCUT2D eigenvalue weighted by atomic mass is 9.95. The molecule has 0 radical (unpaired) electrons. The van der Waals surface area contributed by atoms with Gasteiger partial charge in [-0.25, -0.2) is 9.78 Å². The second kappa shape index (κ2) is 7.54. The summed E-state index contributed by atoms with van der Waals surface area (Å²) in [4.78, 5) is 45.0. The SMILES string of the molecule is Cc1csc2c([C@H]3CCCN(C(=O)CCCN4C(=O)CNC4=O)C3)nc(C)n12. The van der Waals surface area contributed by atoms with E-state index in [1.54, 1.807) is 11.3 Å². The summed E-state index contributed by atoms with van der Waals surface area (Å²) in [6.07, 6.45) is 2.85. The molecule has 28 heavy (non-hydrogen) atoms. The number of aryl methyl sites for hydroxylation is 2. The maximum Gasteiger partial charge on any atom is 0.324 e. The number of fused-ring (bicyclic) bond motifs is 1. The van der Waals surface area contributed by atoms with Crippen LogP contribution in [0.25, 0.3) is 4.83 Å². The van der Waals surface area contributed by atoms with Gasteiger partial charge in [-0.05, 0) is 33.1 Å². The molecule has 4 amide bonds. The summed E-state index contributed by atoms with van der Waals surface area (Å²) < 4.78 is 2.19. The Hall–Kier alpha value is -2.42. The van der Waals surface area contributed by atoms with Crippen molar-refractivity contribution in [2.45, 2.75) is 45.4 Å². The maximum absolute atomic E-state index is 12.7. The Morgan fingerprint density at radius 1 is 1.36 bits per heavy atom. The molecule has 2 aromatic heterocycles. The average molecular weight is 404 g/mol. The van der Waals surface area contributed by atoms with Crippen molar-refractivity contribution in [1.82, 2.24) is 24.5 Å². The third kappa shape index (κ3) is 3.39. The number of carbonyl (C=O) groups is 3. The number of imidazole rings is 1. The highest BCUT2D eigenvalue weighted by Crippen LogP contribution is 2.33. The van der Waals surface area contributed by atoms with Crippen molar-refractivity contribution in [3.8, 4) is 0 Å². The number of urea groups is 1. The van der Waals surface area contributed by atoms with Crippen molar-refractivity contribution in [3.05, 3.63) is 22.6 Å². The molecular formula is C19H25N5O3S. The van der Waals surface area contributed by atoms with E-state index in [2.05, 4.69) is 22.0 Å². The number of likely N-dealkylation sites (tertiary alicyclic amines) is 1. The van der Waals surface area contributed by atoms with Crippen LogP contribution >= 0.6 is 11.3 Å². The topological polar surface area (TPSA) is 87.0 Å².